The van der Waals surface area contributed by atoms with Crippen molar-refractivity contribution in [1.29, 1.82) is 0 Å². The van der Waals surface area contributed by atoms with Crippen LogP contribution in [0.5, 0.6) is 0 Å². The average Bonchev–Trinajstić information content (AvgIpc) is 2.91. The second-order valence-electron chi connectivity index (χ2n) is 5.31. The van der Waals surface area contributed by atoms with Crippen LogP contribution in [0.4, 0.5) is 0 Å². The highest BCUT2D eigenvalue weighted by atomic mass is 32.2. The number of hydrogen-bond acceptors (Lipinski definition) is 2. The molecule has 2 heteroatoms. The normalized spacial score (nSPS) is 22.1. The molecule has 1 aromatic rings. The predicted molar refractivity (Wildman–Crippen MR) is 82.0 cm³/mol. The van der Waals surface area contributed by atoms with Crippen molar-refractivity contribution in [3.8, 4) is 0 Å². The van der Waals surface area contributed by atoms with Crippen LogP contribution in [0.15, 0.2) is 30.3 Å². The Balaban J connectivity index is 2.11. The van der Waals surface area contributed by atoms with Gasteiger partial charge in [0, 0.05) is 16.4 Å². The topological polar surface area (TPSA) is 0 Å². The molecule has 1 aliphatic rings. The van der Waals surface area contributed by atoms with Gasteiger partial charge in [-0.2, -0.15) is 0 Å². The monoisotopic (exact) mass is 266 g/mol. The van der Waals surface area contributed by atoms with Crippen molar-refractivity contribution in [3.05, 3.63) is 35.9 Å². The Morgan fingerprint density at radius 2 is 1.53 bits per heavy atom. The molecule has 0 nitrogen and oxygen atoms in total. The summed E-state index contributed by atoms with van der Waals surface area (Å²) >= 11 is 4.32. The van der Waals surface area contributed by atoms with Crippen LogP contribution in [-0.2, 0) is 0 Å². The SMILES string of the molecule is CC(C)SC1(SC(C)C)CC1c1ccccc1. The van der Waals surface area contributed by atoms with Crippen LogP contribution in [0.3, 0.4) is 0 Å². The molecule has 17 heavy (non-hydrogen) atoms. The molecule has 0 radical (unpaired) electrons. The highest BCUT2D eigenvalue weighted by molar-refractivity contribution is 8.19. The molecule has 1 aromatic carbocycles. The van der Waals surface area contributed by atoms with Crippen LogP contribution in [0, 0.1) is 0 Å². The standard InChI is InChI=1S/C15H22S2/c1-11(2)16-15(17-12(3)4)10-14(15)13-8-6-5-7-9-13/h5-9,11-12,14H,10H2,1-4H3. The minimum absolute atomic E-state index is 0.448. The van der Waals surface area contributed by atoms with Gasteiger partial charge in [-0.15, -0.1) is 23.5 Å². The molecule has 1 atom stereocenters. The molecule has 0 bridgehead atoms. The third-order valence-corrected chi connectivity index (χ3v) is 6.15. The fourth-order valence-electron chi connectivity index (χ4n) is 2.37. The molecule has 0 amide bonds. The van der Waals surface area contributed by atoms with Crippen molar-refractivity contribution in [2.45, 2.75) is 54.6 Å². The number of benzene rings is 1. The van der Waals surface area contributed by atoms with E-state index in [0.717, 1.165) is 16.4 Å². The van der Waals surface area contributed by atoms with E-state index >= 15 is 0 Å². The Labute approximate surface area is 114 Å². The second-order valence-corrected chi connectivity index (χ2v) is 9.38. The van der Waals surface area contributed by atoms with Gasteiger partial charge in [-0.3, -0.25) is 0 Å². The van der Waals surface area contributed by atoms with Gasteiger partial charge in [-0.25, -0.2) is 0 Å². The maximum Gasteiger partial charge on any atom is 0.0691 e. The highest BCUT2D eigenvalue weighted by Crippen LogP contribution is 2.68. The van der Waals surface area contributed by atoms with Crippen molar-refractivity contribution in [2.24, 2.45) is 0 Å². The summed E-state index contributed by atoms with van der Waals surface area (Å²) in [5.41, 5.74) is 1.52. The molecule has 1 fully saturated rings. The van der Waals surface area contributed by atoms with E-state index in [1.54, 1.807) is 0 Å². The Hall–Kier alpha value is -0.0800. The summed E-state index contributed by atoms with van der Waals surface area (Å²) in [6.07, 6.45) is 1.34. The van der Waals surface area contributed by atoms with Gasteiger partial charge in [-0.1, -0.05) is 58.0 Å². The van der Waals surface area contributed by atoms with Crippen LogP contribution >= 0.6 is 23.5 Å². The van der Waals surface area contributed by atoms with Crippen LogP contribution < -0.4 is 0 Å². The molecule has 1 aliphatic carbocycles. The first-order valence-electron chi connectivity index (χ1n) is 6.44. The maximum absolute atomic E-state index is 2.31. The van der Waals surface area contributed by atoms with E-state index in [2.05, 4.69) is 81.6 Å². The zero-order valence-electron chi connectivity index (χ0n) is 11.1. The van der Waals surface area contributed by atoms with Gasteiger partial charge in [0.15, 0.2) is 0 Å². The van der Waals surface area contributed by atoms with Gasteiger partial charge >= 0.3 is 0 Å². The molecule has 0 heterocycles. The van der Waals surface area contributed by atoms with Crippen molar-refractivity contribution in [1.82, 2.24) is 0 Å². The first-order valence-corrected chi connectivity index (χ1v) is 8.20. The summed E-state index contributed by atoms with van der Waals surface area (Å²) in [5.74, 6) is 0.753. The van der Waals surface area contributed by atoms with E-state index in [1.807, 2.05) is 0 Å². The van der Waals surface area contributed by atoms with Crippen molar-refractivity contribution < 1.29 is 0 Å². The molecule has 1 unspecified atom stereocenters. The minimum Gasteiger partial charge on any atom is -0.141 e. The largest absolute Gasteiger partial charge is 0.141 e. The van der Waals surface area contributed by atoms with Gasteiger partial charge in [-0.05, 0) is 12.0 Å². The lowest BCUT2D eigenvalue weighted by atomic mass is 10.1. The van der Waals surface area contributed by atoms with Crippen molar-refractivity contribution in [2.75, 3.05) is 0 Å². The zero-order valence-corrected chi connectivity index (χ0v) is 12.8. The highest BCUT2D eigenvalue weighted by Gasteiger charge is 2.56. The lowest BCUT2D eigenvalue weighted by Crippen LogP contribution is -2.09. The fraction of sp³-hybridized carbons (Fsp3) is 0.600. The maximum atomic E-state index is 2.31. The smallest absolute Gasteiger partial charge is 0.0691 e. The number of hydrogen-bond donors (Lipinski definition) is 0. The van der Waals surface area contributed by atoms with E-state index in [-0.39, 0.29) is 0 Å². The first kappa shape index (κ1) is 13.4. The van der Waals surface area contributed by atoms with Crippen LogP contribution in [0.2, 0.25) is 0 Å². The molecule has 0 aliphatic heterocycles. The summed E-state index contributed by atoms with van der Waals surface area (Å²) in [4.78, 5) is 0. The fourth-order valence-corrected chi connectivity index (χ4v) is 6.47. The summed E-state index contributed by atoms with van der Waals surface area (Å²) in [7, 11) is 0. The van der Waals surface area contributed by atoms with Gasteiger partial charge in [0.05, 0.1) is 4.08 Å². The molecule has 0 spiro atoms. The van der Waals surface area contributed by atoms with Crippen LogP contribution in [0.25, 0.3) is 0 Å². The number of thioether (sulfide) groups is 2. The molecule has 0 saturated heterocycles. The van der Waals surface area contributed by atoms with E-state index in [1.165, 1.54) is 12.0 Å². The Morgan fingerprint density at radius 3 is 2.00 bits per heavy atom. The third-order valence-electron chi connectivity index (χ3n) is 2.93. The summed E-state index contributed by atoms with van der Waals surface area (Å²) < 4.78 is 0.448. The van der Waals surface area contributed by atoms with Gasteiger partial charge in [0.25, 0.3) is 0 Å². The van der Waals surface area contributed by atoms with Crippen LogP contribution in [0.1, 0.15) is 45.6 Å². The van der Waals surface area contributed by atoms with Crippen LogP contribution in [-0.4, -0.2) is 14.6 Å². The molecule has 0 N–H and O–H groups in total. The third kappa shape index (κ3) is 3.23. The van der Waals surface area contributed by atoms with Gasteiger partial charge < -0.3 is 0 Å². The quantitative estimate of drug-likeness (QED) is 0.676. The first-order chi connectivity index (χ1) is 8.03. The molecule has 94 valence electrons. The van der Waals surface area contributed by atoms with E-state index in [0.29, 0.717) is 4.08 Å². The summed E-state index contributed by atoms with van der Waals surface area (Å²) in [6.45, 7) is 9.25. The summed E-state index contributed by atoms with van der Waals surface area (Å²) in [6, 6.07) is 11.0. The van der Waals surface area contributed by atoms with Gasteiger partial charge in [0.2, 0.25) is 0 Å². The van der Waals surface area contributed by atoms with E-state index in [9.17, 15) is 0 Å². The minimum atomic E-state index is 0.448. The Bertz CT molecular complexity index is 346. The molecule has 0 aromatic heterocycles. The van der Waals surface area contributed by atoms with Crippen molar-refractivity contribution >= 4 is 23.5 Å². The number of rotatable bonds is 5. The molecule has 2 rings (SSSR count). The second kappa shape index (κ2) is 5.27. The molecular weight excluding hydrogens is 244 g/mol. The zero-order chi connectivity index (χ0) is 12.5. The lowest BCUT2D eigenvalue weighted by Gasteiger charge is -2.21. The summed E-state index contributed by atoms with van der Waals surface area (Å²) in [5, 5.41) is 1.44. The Morgan fingerprint density at radius 1 is 1.00 bits per heavy atom. The lowest BCUT2D eigenvalue weighted by molar-refractivity contribution is 1.05. The Kier molecular flexibility index (Phi) is 4.14. The van der Waals surface area contributed by atoms with Gasteiger partial charge in [0.1, 0.15) is 0 Å². The molecule has 1 saturated carbocycles. The van der Waals surface area contributed by atoms with E-state index < -0.39 is 0 Å². The predicted octanol–water partition coefficient (Wildman–Crippen LogP) is 5.15. The average molecular weight is 266 g/mol. The van der Waals surface area contributed by atoms with E-state index in [4.69, 9.17) is 0 Å². The van der Waals surface area contributed by atoms with Crippen molar-refractivity contribution in [3.63, 3.8) is 0 Å². The molecular formula is C15H22S2.